The fourth-order valence-corrected chi connectivity index (χ4v) is 3.53. The third-order valence-corrected chi connectivity index (χ3v) is 5.44. The summed E-state index contributed by atoms with van der Waals surface area (Å²) in [5.74, 6) is 0.792. The Labute approximate surface area is 125 Å². The van der Waals surface area contributed by atoms with E-state index in [2.05, 4.69) is 65.6 Å². The van der Waals surface area contributed by atoms with E-state index in [0.29, 0.717) is 11.5 Å². The van der Waals surface area contributed by atoms with E-state index in [1.807, 2.05) is 0 Å². The van der Waals surface area contributed by atoms with E-state index in [4.69, 9.17) is 0 Å². The molecule has 2 unspecified atom stereocenters. The van der Waals surface area contributed by atoms with Gasteiger partial charge in [0.2, 0.25) is 0 Å². The Morgan fingerprint density at radius 1 is 1.47 bits per heavy atom. The second kappa shape index (κ2) is 5.57. The van der Waals surface area contributed by atoms with Crippen molar-refractivity contribution in [1.82, 2.24) is 15.1 Å². The normalized spacial score (nSPS) is 22.5. The van der Waals surface area contributed by atoms with Crippen molar-refractivity contribution < 1.29 is 0 Å². The average Bonchev–Trinajstić information content (AvgIpc) is 2.90. The monoisotopic (exact) mass is 327 g/mol. The van der Waals surface area contributed by atoms with Gasteiger partial charge in [0.05, 0.1) is 15.9 Å². The summed E-state index contributed by atoms with van der Waals surface area (Å²) < 4.78 is 3.33. The number of hydrogen-bond donors (Lipinski definition) is 1. The molecule has 2 atom stereocenters. The third-order valence-electron chi connectivity index (χ3n) is 4.41. The Hall–Kier alpha value is -0.350. The zero-order chi connectivity index (χ0) is 14.2. The molecule has 0 spiro atoms. The first kappa shape index (κ1) is 15.0. The van der Waals surface area contributed by atoms with Crippen LogP contribution in [0.4, 0.5) is 0 Å². The number of rotatable bonds is 6. The van der Waals surface area contributed by atoms with E-state index in [1.54, 1.807) is 0 Å². The van der Waals surface area contributed by atoms with Crippen LogP contribution in [0.1, 0.15) is 45.5 Å². The van der Waals surface area contributed by atoms with Crippen LogP contribution in [0.2, 0.25) is 0 Å². The van der Waals surface area contributed by atoms with Gasteiger partial charge in [-0.25, -0.2) is 0 Å². The predicted octanol–water partition coefficient (Wildman–Crippen LogP) is 3.54. The smallest absolute Gasteiger partial charge is 0.0738 e. The van der Waals surface area contributed by atoms with Crippen molar-refractivity contribution in [2.24, 2.45) is 11.3 Å². The van der Waals surface area contributed by atoms with Crippen LogP contribution in [0, 0.1) is 18.3 Å². The minimum absolute atomic E-state index is 0.505. The van der Waals surface area contributed by atoms with Gasteiger partial charge in [-0.05, 0) is 54.1 Å². The fraction of sp³-hybridized carbons (Fsp3) is 0.800. The van der Waals surface area contributed by atoms with Crippen molar-refractivity contribution >= 4 is 15.9 Å². The fourth-order valence-electron chi connectivity index (χ4n) is 3.09. The molecule has 1 aliphatic carbocycles. The zero-order valence-electron chi connectivity index (χ0n) is 12.8. The maximum absolute atomic E-state index is 4.60. The predicted molar refractivity (Wildman–Crippen MR) is 83.4 cm³/mol. The minimum Gasteiger partial charge on any atom is -0.314 e. The first-order valence-electron chi connectivity index (χ1n) is 7.35. The second-order valence-electron chi connectivity index (χ2n) is 6.33. The first-order chi connectivity index (χ1) is 8.90. The molecule has 1 aromatic heterocycles. The standard InChI is InChI=1S/C15H26BrN3/c1-6-17-12(11-9-15(11,4)5)8-13-14(16)10(3)18-19(13)7-2/h11-12,17H,6-9H2,1-5H3. The highest BCUT2D eigenvalue weighted by molar-refractivity contribution is 9.10. The zero-order valence-corrected chi connectivity index (χ0v) is 14.3. The molecule has 1 aliphatic rings. The quantitative estimate of drug-likeness (QED) is 0.866. The molecule has 1 saturated carbocycles. The Bertz CT molecular complexity index is 450. The van der Waals surface area contributed by atoms with Crippen molar-refractivity contribution in [3.05, 3.63) is 15.9 Å². The molecule has 0 aromatic carbocycles. The summed E-state index contributed by atoms with van der Waals surface area (Å²) in [6.45, 7) is 13.1. The highest BCUT2D eigenvalue weighted by Crippen LogP contribution is 2.54. The number of halogens is 1. The lowest BCUT2D eigenvalue weighted by molar-refractivity contribution is 0.399. The van der Waals surface area contributed by atoms with Crippen LogP contribution in [-0.2, 0) is 13.0 Å². The van der Waals surface area contributed by atoms with Crippen LogP contribution in [0.3, 0.4) is 0 Å². The van der Waals surface area contributed by atoms with Crippen molar-refractivity contribution in [1.29, 1.82) is 0 Å². The molecule has 0 amide bonds. The lowest BCUT2D eigenvalue weighted by Gasteiger charge is -2.20. The van der Waals surface area contributed by atoms with E-state index < -0.39 is 0 Å². The van der Waals surface area contributed by atoms with Crippen molar-refractivity contribution in [2.45, 2.75) is 60.0 Å². The maximum Gasteiger partial charge on any atom is 0.0738 e. The van der Waals surface area contributed by atoms with Gasteiger partial charge in [-0.15, -0.1) is 0 Å². The molecular weight excluding hydrogens is 302 g/mol. The maximum atomic E-state index is 4.60. The molecular formula is C15H26BrN3. The molecule has 0 aliphatic heterocycles. The number of aryl methyl sites for hydroxylation is 2. The first-order valence-corrected chi connectivity index (χ1v) is 8.15. The SMILES string of the molecule is CCNC(Cc1c(Br)c(C)nn1CC)C1CC1(C)C. The van der Waals surface area contributed by atoms with E-state index in [0.717, 1.165) is 31.1 Å². The summed E-state index contributed by atoms with van der Waals surface area (Å²) in [5.41, 5.74) is 2.95. The summed E-state index contributed by atoms with van der Waals surface area (Å²) in [4.78, 5) is 0. The van der Waals surface area contributed by atoms with E-state index in [-0.39, 0.29) is 0 Å². The van der Waals surface area contributed by atoms with Gasteiger partial charge in [-0.1, -0.05) is 20.8 Å². The van der Waals surface area contributed by atoms with Crippen LogP contribution < -0.4 is 5.32 Å². The van der Waals surface area contributed by atoms with Gasteiger partial charge >= 0.3 is 0 Å². The van der Waals surface area contributed by atoms with Crippen LogP contribution in [0.25, 0.3) is 0 Å². The second-order valence-corrected chi connectivity index (χ2v) is 7.12. The number of nitrogens with one attached hydrogen (secondary N) is 1. The lowest BCUT2D eigenvalue weighted by atomic mass is 9.99. The molecule has 1 fully saturated rings. The Morgan fingerprint density at radius 2 is 2.11 bits per heavy atom. The molecule has 0 saturated heterocycles. The highest BCUT2D eigenvalue weighted by atomic mass is 79.9. The van der Waals surface area contributed by atoms with Gasteiger partial charge in [-0.3, -0.25) is 4.68 Å². The molecule has 4 heteroatoms. The van der Waals surface area contributed by atoms with Gasteiger partial charge in [0, 0.05) is 19.0 Å². The molecule has 1 aromatic rings. The van der Waals surface area contributed by atoms with Crippen LogP contribution in [0.15, 0.2) is 4.47 Å². The molecule has 0 radical (unpaired) electrons. The van der Waals surface area contributed by atoms with Gasteiger partial charge in [0.25, 0.3) is 0 Å². The summed E-state index contributed by atoms with van der Waals surface area (Å²) in [6.07, 6.45) is 2.40. The number of likely N-dealkylation sites (N-methyl/N-ethyl adjacent to an activating group) is 1. The Kier molecular flexibility index (Phi) is 4.41. The Morgan fingerprint density at radius 3 is 2.58 bits per heavy atom. The topological polar surface area (TPSA) is 29.9 Å². The van der Waals surface area contributed by atoms with E-state index in [1.165, 1.54) is 16.6 Å². The number of hydrogen-bond acceptors (Lipinski definition) is 2. The van der Waals surface area contributed by atoms with Crippen molar-refractivity contribution in [3.63, 3.8) is 0 Å². The average molecular weight is 328 g/mol. The molecule has 108 valence electrons. The van der Waals surface area contributed by atoms with Gasteiger partial charge < -0.3 is 5.32 Å². The molecule has 19 heavy (non-hydrogen) atoms. The van der Waals surface area contributed by atoms with Gasteiger partial charge in [0.15, 0.2) is 0 Å². The number of aromatic nitrogens is 2. The highest BCUT2D eigenvalue weighted by Gasteiger charge is 2.49. The van der Waals surface area contributed by atoms with E-state index in [9.17, 15) is 0 Å². The van der Waals surface area contributed by atoms with E-state index >= 15 is 0 Å². The number of nitrogens with zero attached hydrogens (tertiary/aromatic N) is 2. The van der Waals surface area contributed by atoms with Gasteiger partial charge in [0.1, 0.15) is 0 Å². The van der Waals surface area contributed by atoms with Crippen molar-refractivity contribution in [3.8, 4) is 0 Å². The molecule has 1 N–H and O–H groups in total. The third kappa shape index (κ3) is 3.05. The minimum atomic E-state index is 0.505. The lowest BCUT2D eigenvalue weighted by Crippen LogP contribution is -2.35. The van der Waals surface area contributed by atoms with Crippen LogP contribution in [-0.4, -0.2) is 22.4 Å². The summed E-state index contributed by atoms with van der Waals surface area (Å²) >= 11 is 3.71. The Balaban J connectivity index is 2.17. The largest absolute Gasteiger partial charge is 0.314 e. The molecule has 3 nitrogen and oxygen atoms in total. The van der Waals surface area contributed by atoms with Crippen LogP contribution in [0.5, 0.6) is 0 Å². The molecule has 0 bridgehead atoms. The summed E-state index contributed by atoms with van der Waals surface area (Å²) in [6, 6.07) is 0.567. The summed E-state index contributed by atoms with van der Waals surface area (Å²) in [7, 11) is 0. The molecule has 1 heterocycles. The summed E-state index contributed by atoms with van der Waals surface area (Å²) in [5, 5.41) is 8.27. The van der Waals surface area contributed by atoms with Crippen LogP contribution >= 0.6 is 15.9 Å². The molecule has 2 rings (SSSR count). The van der Waals surface area contributed by atoms with Gasteiger partial charge in [-0.2, -0.15) is 5.10 Å². The van der Waals surface area contributed by atoms with Crippen molar-refractivity contribution in [2.75, 3.05) is 6.54 Å².